The van der Waals surface area contributed by atoms with Crippen molar-refractivity contribution in [2.45, 2.75) is 12.8 Å². The van der Waals surface area contributed by atoms with Crippen LogP contribution in [0.2, 0.25) is 0 Å². The van der Waals surface area contributed by atoms with Crippen molar-refractivity contribution in [1.29, 1.82) is 0 Å². The van der Waals surface area contributed by atoms with Crippen LogP contribution in [0.4, 0.5) is 16.3 Å². The van der Waals surface area contributed by atoms with Crippen molar-refractivity contribution in [1.82, 2.24) is 24.0 Å². The number of hydrogen-bond acceptors (Lipinski definition) is 7. The Hall–Kier alpha value is -4.30. The maximum Gasteiger partial charge on any atom is 0.404 e. The zero-order valence-corrected chi connectivity index (χ0v) is 21.8. The number of ether oxygens (including phenoxy) is 2. The van der Waals surface area contributed by atoms with Gasteiger partial charge in [0.05, 0.1) is 41.4 Å². The van der Waals surface area contributed by atoms with E-state index in [2.05, 4.69) is 10.3 Å². The highest BCUT2D eigenvalue weighted by atomic mass is 32.2. The van der Waals surface area contributed by atoms with E-state index in [9.17, 15) is 18.4 Å². The summed E-state index contributed by atoms with van der Waals surface area (Å²) < 4.78 is 42.3. The average molecular weight is 544 g/mol. The van der Waals surface area contributed by atoms with Gasteiger partial charge in [-0.2, -0.15) is 0 Å². The number of aryl methyl sites for hydroxylation is 3. The Kier molecular flexibility index (Phi) is 8.02. The van der Waals surface area contributed by atoms with E-state index in [0.717, 1.165) is 4.31 Å². The molecule has 0 aliphatic rings. The molecule has 0 aliphatic carbocycles. The normalized spacial score (nSPS) is 11.9. The summed E-state index contributed by atoms with van der Waals surface area (Å²) in [6, 6.07) is 10.0. The van der Waals surface area contributed by atoms with E-state index >= 15 is 0 Å². The van der Waals surface area contributed by atoms with Gasteiger partial charge in [-0.15, -0.1) is 0 Å². The number of fused-ring (bicyclic) bond motifs is 1. The van der Waals surface area contributed by atoms with Crippen molar-refractivity contribution in [3.05, 3.63) is 59.4 Å². The molecule has 1 amide bonds. The number of carboxylic acid groups (broad SMARTS) is 1. The molecule has 0 aliphatic heterocycles. The van der Waals surface area contributed by atoms with Gasteiger partial charge < -0.3 is 29.0 Å². The molecule has 0 fully saturated rings. The molecule has 2 N–H and O–H groups in total. The lowest BCUT2D eigenvalue weighted by atomic mass is 10.2. The lowest BCUT2D eigenvalue weighted by Gasteiger charge is -2.28. The Labute approximate surface area is 220 Å². The first-order valence-corrected chi connectivity index (χ1v) is 12.6. The van der Waals surface area contributed by atoms with Gasteiger partial charge in [-0.25, -0.2) is 14.6 Å². The Morgan fingerprint density at radius 2 is 1.84 bits per heavy atom. The number of benzene rings is 2. The number of aromatic nitrogens is 4. The van der Waals surface area contributed by atoms with E-state index in [-0.39, 0.29) is 22.9 Å². The molecule has 0 spiro atoms. The van der Waals surface area contributed by atoms with Crippen LogP contribution >= 0.6 is 0 Å². The molecule has 0 radical (unpaired) electrons. The van der Waals surface area contributed by atoms with Gasteiger partial charge in [0.1, 0.15) is 23.0 Å². The van der Waals surface area contributed by atoms with Gasteiger partial charge in [-0.05, 0) is 31.0 Å². The molecular formula is C24H27N6O7S-. The molecule has 0 saturated carbocycles. The zero-order valence-electron chi connectivity index (χ0n) is 21.0. The molecule has 202 valence electrons. The van der Waals surface area contributed by atoms with Gasteiger partial charge in [-0.3, -0.25) is 17.6 Å². The number of nitrogens with zero attached hydrogens (tertiary/aromatic N) is 5. The zero-order chi connectivity index (χ0) is 27.4. The fraction of sp³-hybridized carbons (Fsp3) is 0.292. The van der Waals surface area contributed by atoms with Crippen LogP contribution < -0.4 is 24.8 Å². The first kappa shape index (κ1) is 26.8. The smallest absolute Gasteiger partial charge is 0.404 e. The van der Waals surface area contributed by atoms with Crippen molar-refractivity contribution in [2.75, 3.05) is 17.5 Å². The minimum atomic E-state index is -2.74. The Morgan fingerprint density at radius 3 is 2.50 bits per heavy atom. The molecular weight excluding hydrogens is 516 g/mol. The number of hydrogen-bond donors (Lipinski definition) is 2. The summed E-state index contributed by atoms with van der Waals surface area (Å²) in [5.74, 6) is 1.39. The van der Waals surface area contributed by atoms with Gasteiger partial charge in [0, 0.05) is 39.8 Å². The number of nitrogens with one attached hydrogen (secondary N) is 1. The third-order valence-electron chi connectivity index (χ3n) is 5.87. The van der Waals surface area contributed by atoms with Gasteiger partial charge in [-0.1, -0.05) is 6.07 Å². The first-order chi connectivity index (χ1) is 18.2. The molecule has 2 aromatic heterocycles. The fourth-order valence-electron chi connectivity index (χ4n) is 3.95. The second-order valence-electron chi connectivity index (χ2n) is 8.45. The molecule has 1 unspecified atom stereocenters. The number of imidazole rings is 2. The number of amides is 1. The van der Waals surface area contributed by atoms with E-state index in [1.54, 1.807) is 62.1 Å². The van der Waals surface area contributed by atoms with Crippen LogP contribution in [-0.4, -0.2) is 51.8 Å². The highest BCUT2D eigenvalue weighted by molar-refractivity contribution is 7.81. The number of carbonyl (C=O) groups is 1. The SMILES string of the molecule is Cn1cncc1N(c1cc2c(cc1Oc1cccc(OCCCCNC(=O)O)c1)n(C)c(=O)n2C)S(=O)[O-]. The number of anilines is 2. The summed E-state index contributed by atoms with van der Waals surface area (Å²) in [6.07, 6.45) is 3.09. The monoisotopic (exact) mass is 543 g/mol. The molecule has 2 aromatic carbocycles. The molecule has 14 heteroatoms. The third-order valence-corrected chi connectivity index (χ3v) is 6.55. The van der Waals surface area contributed by atoms with Crippen molar-refractivity contribution >= 4 is 39.9 Å². The summed E-state index contributed by atoms with van der Waals surface area (Å²) >= 11 is -2.74. The van der Waals surface area contributed by atoms with Crippen LogP contribution in [-0.2, 0) is 32.4 Å². The Morgan fingerprint density at radius 1 is 1.13 bits per heavy atom. The molecule has 0 bridgehead atoms. The van der Waals surface area contributed by atoms with E-state index in [0.29, 0.717) is 48.5 Å². The summed E-state index contributed by atoms with van der Waals surface area (Å²) in [5, 5.41) is 10.9. The molecule has 38 heavy (non-hydrogen) atoms. The summed E-state index contributed by atoms with van der Waals surface area (Å²) in [7, 11) is 4.90. The van der Waals surface area contributed by atoms with Crippen molar-refractivity contribution < 1.29 is 28.1 Å². The Bertz CT molecular complexity index is 1540. The maximum absolute atomic E-state index is 12.6. The van der Waals surface area contributed by atoms with Crippen molar-refractivity contribution in [2.24, 2.45) is 21.1 Å². The molecule has 4 aromatic rings. The summed E-state index contributed by atoms with van der Waals surface area (Å²) in [5.41, 5.74) is 0.993. The van der Waals surface area contributed by atoms with Gasteiger partial charge in [0.25, 0.3) is 0 Å². The van der Waals surface area contributed by atoms with Crippen molar-refractivity contribution in [3.8, 4) is 17.2 Å². The largest absolute Gasteiger partial charge is 0.755 e. The molecule has 1 atom stereocenters. The highest BCUT2D eigenvalue weighted by Gasteiger charge is 2.22. The van der Waals surface area contributed by atoms with E-state index in [4.69, 9.17) is 14.6 Å². The molecule has 2 heterocycles. The van der Waals surface area contributed by atoms with Crippen LogP contribution in [0.1, 0.15) is 12.8 Å². The van der Waals surface area contributed by atoms with E-state index < -0.39 is 17.4 Å². The standard InChI is InChI=1S/C24H28N6O7S/c1-27-15-25-14-22(27)30(38(34)35)20-12-18-19(29(3)24(33)28(18)2)13-21(20)37-17-8-6-7-16(11-17)36-10-5-4-9-26-23(31)32/h6-8,11-15,26H,4-5,9-10H2,1-3H3,(H,31,32)(H,34,35)/p-1. The van der Waals surface area contributed by atoms with Crippen LogP contribution in [0.3, 0.4) is 0 Å². The molecule has 0 saturated heterocycles. The quantitative estimate of drug-likeness (QED) is 0.216. The number of rotatable bonds is 11. The van der Waals surface area contributed by atoms with Crippen LogP contribution in [0, 0.1) is 0 Å². The predicted octanol–water partition coefficient (Wildman–Crippen LogP) is 2.76. The highest BCUT2D eigenvalue weighted by Crippen LogP contribution is 2.40. The summed E-state index contributed by atoms with van der Waals surface area (Å²) in [4.78, 5) is 27.1. The number of unbranched alkanes of at least 4 members (excludes halogenated alkanes) is 1. The maximum atomic E-state index is 12.6. The van der Waals surface area contributed by atoms with Gasteiger partial charge in [0.15, 0.2) is 5.75 Å². The minimum absolute atomic E-state index is 0.188. The Balaban J connectivity index is 1.67. The average Bonchev–Trinajstić information content (AvgIpc) is 3.38. The molecule has 4 rings (SSSR count). The lowest BCUT2D eigenvalue weighted by Crippen LogP contribution is -2.22. The molecule has 13 nitrogen and oxygen atoms in total. The second-order valence-corrected chi connectivity index (χ2v) is 9.25. The van der Waals surface area contributed by atoms with Crippen LogP contribution in [0.5, 0.6) is 17.2 Å². The van der Waals surface area contributed by atoms with Crippen molar-refractivity contribution in [3.63, 3.8) is 0 Å². The van der Waals surface area contributed by atoms with Crippen LogP contribution in [0.15, 0.2) is 53.7 Å². The predicted molar refractivity (Wildman–Crippen MR) is 140 cm³/mol. The van der Waals surface area contributed by atoms with Gasteiger partial charge >= 0.3 is 11.8 Å². The van der Waals surface area contributed by atoms with E-state index in [1.807, 2.05) is 0 Å². The summed E-state index contributed by atoms with van der Waals surface area (Å²) in [6.45, 7) is 0.709. The van der Waals surface area contributed by atoms with Gasteiger partial charge in [0.2, 0.25) is 0 Å². The topological polar surface area (TPSA) is 156 Å². The lowest BCUT2D eigenvalue weighted by molar-refractivity contribution is 0.194. The van der Waals surface area contributed by atoms with E-state index in [1.165, 1.54) is 21.7 Å². The third kappa shape index (κ3) is 5.65. The minimum Gasteiger partial charge on any atom is -0.755 e. The van der Waals surface area contributed by atoms with Crippen LogP contribution in [0.25, 0.3) is 11.0 Å². The first-order valence-electron chi connectivity index (χ1n) is 11.6. The second kappa shape index (κ2) is 11.4. The fourth-order valence-corrected chi connectivity index (χ4v) is 4.58.